The highest BCUT2D eigenvalue weighted by Gasteiger charge is 2.30. The van der Waals surface area contributed by atoms with Gasteiger partial charge in [-0.3, -0.25) is 0 Å². The first kappa shape index (κ1) is 13.2. The lowest BCUT2D eigenvalue weighted by atomic mass is 10.2. The lowest BCUT2D eigenvalue weighted by Gasteiger charge is -2.30. The Morgan fingerprint density at radius 3 is 2.62 bits per heavy atom. The van der Waals surface area contributed by atoms with Crippen LogP contribution in [-0.2, 0) is 9.47 Å². The standard InChI is InChI=1S/C11H20FNO3/c1-8-6-15-7-9(12)5-13(8)10(14)16-11(2,3)4/h8-9H,5-7H2,1-4H3. The van der Waals surface area contributed by atoms with Gasteiger partial charge in [0, 0.05) is 0 Å². The van der Waals surface area contributed by atoms with Crippen molar-refractivity contribution in [1.29, 1.82) is 0 Å². The van der Waals surface area contributed by atoms with Crippen molar-refractivity contribution < 1.29 is 18.7 Å². The van der Waals surface area contributed by atoms with Gasteiger partial charge in [-0.2, -0.15) is 0 Å². The van der Waals surface area contributed by atoms with Crippen molar-refractivity contribution in [3.8, 4) is 0 Å². The minimum absolute atomic E-state index is 0.0378. The summed E-state index contributed by atoms with van der Waals surface area (Å²) in [5, 5.41) is 0. The number of carbonyl (C=O) groups excluding carboxylic acids is 1. The van der Waals surface area contributed by atoms with Gasteiger partial charge in [-0.05, 0) is 27.7 Å². The molecule has 0 aromatic heterocycles. The highest BCUT2D eigenvalue weighted by atomic mass is 19.1. The van der Waals surface area contributed by atoms with Crippen molar-refractivity contribution >= 4 is 6.09 Å². The maximum absolute atomic E-state index is 13.3. The first-order valence-corrected chi connectivity index (χ1v) is 5.51. The molecule has 4 nitrogen and oxygen atoms in total. The number of halogens is 1. The van der Waals surface area contributed by atoms with Crippen LogP contribution in [0.15, 0.2) is 0 Å². The molecule has 0 radical (unpaired) electrons. The SMILES string of the molecule is CC1COCC(F)CN1C(=O)OC(C)(C)C. The quantitative estimate of drug-likeness (QED) is 0.642. The van der Waals surface area contributed by atoms with E-state index in [9.17, 15) is 9.18 Å². The van der Waals surface area contributed by atoms with E-state index in [1.807, 2.05) is 6.92 Å². The number of ether oxygens (including phenoxy) is 2. The fraction of sp³-hybridized carbons (Fsp3) is 0.909. The summed E-state index contributed by atoms with van der Waals surface area (Å²) < 4.78 is 23.6. The van der Waals surface area contributed by atoms with Crippen molar-refractivity contribution in [2.24, 2.45) is 0 Å². The van der Waals surface area contributed by atoms with Gasteiger partial charge in [0.25, 0.3) is 0 Å². The number of amides is 1. The van der Waals surface area contributed by atoms with E-state index in [0.717, 1.165) is 0 Å². The van der Waals surface area contributed by atoms with Crippen LogP contribution in [0, 0.1) is 0 Å². The van der Waals surface area contributed by atoms with E-state index in [2.05, 4.69) is 0 Å². The Hall–Kier alpha value is -0.840. The number of nitrogens with zero attached hydrogens (tertiary/aromatic N) is 1. The van der Waals surface area contributed by atoms with Crippen LogP contribution >= 0.6 is 0 Å². The van der Waals surface area contributed by atoms with Crippen LogP contribution in [-0.4, -0.2) is 48.6 Å². The molecule has 1 aliphatic rings. The summed E-state index contributed by atoms with van der Waals surface area (Å²) in [5.74, 6) is 0. The Morgan fingerprint density at radius 2 is 2.06 bits per heavy atom. The number of alkyl halides is 1. The molecule has 94 valence electrons. The topological polar surface area (TPSA) is 38.8 Å². The fourth-order valence-corrected chi connectivity index (χ4v) is 1.48. The third-order valence-electron chi connectivity index (χ3n) is 2.21. The highest BCUT2D eigenvalue weighted by molar-refractivity contribution is 5.68. The first-order valence-electron chi connectivity index (χ1n) is 5.51. The lowest BCUT2D eigenvalue weighted by molar-refractivity contribution is 0.0134. The molecule has 1 heterocycles. The molecule has 1 aliphatic heterocycles. The van der Waals surface area contributed by atoms with Crippen LogP contribution in [0.5, 0.6) is 0 Å². The van der Waals surface area contributed by atoms with Crippen molar-refractivity contribution in [3.63, 3.8) is 0 Å². The van der Waals surface area contributed by atoms with Crippen LogP contribution in [0.4, 0.5) is 9.18 Å². The Labute approximate surface area is 95.7 Å². The third kappa shape index (κ3) is 3.96. The number of hydrogen-bond donors (Lipinski definition) is 0. The summed E-state index contributed by atoms with van der Waals surface area (Å²) in [6, 6.07) is -0.157. The zero-order valence-corrected chi connectivity index (χ0v) is 10.3. The number of carbonyl (C=O) groups is 1. The second-order valence-electron chi connectivity index (χ2n) is 5.12. The van der Waals surface area contributed by atoms with Gasteiger partial charge in [0.05, 0.1) is 25.8 Å². The molecule has 0 N–H and O–H groups in total. The molecule has 0 saturated carbocycles. The van der Waals surface area contributed by atoms with Crippen LogP contribution in [0.25, 0.3) is 0 Å². The number of rotatable bonds is 0. The molecule has 1 rings (SSSR count). The monoisotopic (exact) mass is 233 g/mol. The predicted octanol–water partition coefficient (Wildman–Crippen LogP) is 1.98. The molecule has 0 aromatic carbocycles. The molecule has 0 bridgehead atoms. The van der Waals surface area contributed by atoms with E-state index < -0.39 is 17.9 Å². The summed E-state index contributed by atoms with van der Waals surface area (Å²) in [7, 11) is 0. The molecule has 1 fully saturated rings. The van der Waals surface area contributed by atoms with Crippen LogP contribution < -0.4 is 0 Å². The maximum Gasteiger partial charge on any atom is 0.410 e. The minimum Gasteiger partial charge on any atom is -0.444 e. The second-order valence-corrected chi connectivity index (χ2v) is 5.12. The van der Waals surface area contributed by atoms with Crippen LogP contribution in [0.3, 0.4) is 0 Å². The Bertz CT molecular complexity index is 252. The number of hydrogen-bond acceptors (Lipinski definition) is 3. The Balaban J connectivity index is 2.64. The molecular weight excluding hydrogens is 213 g/mol. The summed E-state index contributed by atoms with van der Waals surface area (Å²) in [6.45, 7) is 7.62. The van der Waals surface area contributed by atoms with Crippen molar-refractivity contribution in [1.82, 2.24) is 4.90 Å². The van der Waals surface area contributed by atoms with Gasteiger partial charge in [-0.25, -0.2) is 9.18 Å². The Kier molecular flexibility index (Phi) is 4.13. The normalized spacial score (nSPS) is 27.4. The average molecular weight is 233 g/mol. The van der Waals surface area contributed by atoms with E-state index >= 15 is 0 Å². The first-order chi connectivity index (χ1) is 7.29. The van der Waals surface area contributed by atoms with E-state index in [0.29, 0.717) is 6.61 Å². The van der Waals surface area contributed by atoms with Crippen LogP contribution in [0.2, 0.25) is 0 Å². The van der Waals surface area contributed by atoms with Gasteiger partial charge in [0.1, 0.15) is 11.8 Å². The second kappa shape index (κ2) is 4.99. The zero-order valence-electron chi connectivity index (χ0n) is 10.3. The van der Waals surface area contributed by atoms with Gasteiger partial charge in [0.2, 0.25) is 0 Å². The predicted molar refractivity (Wildman–Crippen MR) is 58.1 cm³/mol. The Morgan fingerprint density at radius 1 is 1.44 bits per heavy atom. The van der Waals surface area contributed by atoms with Crippen molar-refractivity contribution in [3.05, 3.63) is 0 Å². The van der Waals surface area contributed by atoms with Gasteiger partial charge in [-0.15, -0.1) is 0 Å². The molecule has 0 aliphatic carbocycles. The van der Waals surface area contributed by atoms with Crippen LogP contribution in [0.1, 0.15) is 27.7 Å². The molecule has 0 spiro atoms. The van der Waals surface area contributed by atoms with Gasteiger partial charge in [0.15, 0.2) is 0 Å². The maximum atomic E-state index is 13.3. The van der Waals surface area contributed by atoms with Gasteiger partial charge in [-0.1, -0.05) is 0 Å². The van der Waals surface area contributed by atoms with Crippen molar-refractivity contribution in [2.75, 3.05) is 19.8 Å². The molecule has 0 aromatic rings. The lowest BCUT2D eigenvalue weighted by Crippen LogP contribution is -2.45. The van der Waals surface area contributed by atoms with E-state index in [4.69, 9.17) is 9.47 Å². The summed E-state index contributed by atoms with van der Waals surface area (Å²) in [5.41, 5.74) is -0.560. The fourth-order valence-electron chi connectivity index (χ4n) is 1.48. The molecule has 1 amide bonds. The van der Waals surface area contributed by atoms with E-state index in [-0.39, 0.29) is 19.2 Å². The third-order valence-corrected chi connectivity index (χ3v) is 2.21. The zero-order chi connectivity index (χ0) is 12.3. The minimum atomic E-state index is -1.14. The summed E-state index contributed by atoms with van der Waals surface area (Å²) >= 11 is 0. The molecule has 5 heteroatoms. The van der Waals surface area contributed by atoms with Crippen molar-refractivity contribution in [2.45, 2.75) is 45.5 Å². The largest absolute Gasteiger partial charge is 0.444 e. The summed E-state index contributed by atoms with van der Waals surface area (Å²) in [4.78, 5) is 13.2. The molecule has 16 heavy (non-hydrogen) atoms. The molecule has 1 saturated heterocycles. The van der Waals surface area contributed by atoms with Gasteiger partial charge < -0.3 is 14.4 Å². The smallest absolute Gasteiger partial charge is 0.410 e. The molecular formula is C11H20FNO3. The van der Waals surface area contributed by atoms with Gasteiger partial charge >= 0.3 is 6.09 Å². The average Bonchev–Trinajstić information content (AvgIpc) is 2.25. The van der Waals surface area contributed by atoms with E-state index in [1.54, 1.807) is 20.8 Å². The highest BCUT2D eigenvalue weighted by Crippen LogP contribution is 2.15. The molecule has 2 atom stereocenters. The summed E-state index contributed by atoms with van der Waals surface area (Å²) in [6.07, 6.45) is -1.62. The van der Waals surface area contributed by atoms with E-state index in [1.165, 1.54) is 4.90 Å². The molecule has 2 unspecified atom stereocenters.